The molecular formula is C13H14BrN3O. The number of amides is 1. The third-order valence-corrected chi connectivity index (χ3v) is 2.97. The van der Waals surface area contributed by atoms with Crippen molar-refractivity contribution >= 4 is 21.8 Å². The van der Waals surface area contributed by atoms with Crippen molar-refractivity contribution in [1.82, 2.24) is 15.1 Å². The Hall–Kier alpha value is -1.62. The van der Waals surface area contributed by atoms with E-state index in [1.807, 2.05) is 38.4 Å². The van der Waals surface area contributed by atoms with Crippen LogP contribution in [0.15, 0.2) is 35.1 Å². The quantitative estimate of drug-likeness (QED) is 0.946. The van der Waals surface area contributed by atoms with Gasteiger partial charge in [0.05, 0.1) is 6.20 Å². The van der Waals surface area contributed by atoms with Gasteiger partial charge in [-0.1, -0.05) is 15.9 Å². The van der Waals surface area contributed by atoms with Crippen molar-refractivity contribution in [2.24, 2.45) is 7.05 Å². The average molecular weight is 308 g/mol. The van der Waals surface area contributed by atoms with Gasteiger partial charge in [-0.2, -0.15) is 5.10 Å². The summed E-state index contributed by atoms with van der Waals surface area (Å²) < 4.78 is 2.62. The first-order chi connectivity index (χ1) is 8.54. The summed E-state index contributed by atoms with van der Waals surface area (Å²) in [6, 6.07) is 5.65. The maximum Gasteiger partial charge on any atom is 0.251 e. The largest absolute Gasteiger partial charge is 0.348 e. The van der Waals surface area contributed by atoms with E-state index in [1.165, 1.54) is 0 Å². The second kappa shape index (κ2) is 5.35. The first-order valence-corrected chi connectivity index (χ1v) is 6.37. The molecule has 1 aromatic heterocycles. The maximum atomic E-state index is 12.0. The molecule has 0 radical (unpaired) electrons. The van der Waals surface area contributed by atoms with Crippen LogP contribution in [0.2, 0.25) is 0 Å². The number of aromatic nitrogens is 2. The summed E-state index contributed by atoms with van der Waals surface area (Å²) in [7, 11) is 1.85. The third-order valence-electron chi connectivity index (χ3n) is 2.52. The molecule has 0 spiro atoms. The standard InChI is InChI=1S/C13H14BrN3O/c1-9-3-11(5-12(14)4-9)13(18)15-6-10-7-16-17(2)8-10/h3-5,7-8H,6H2,1-2H3,(H,15,18). The molecule has 1 heterocycles. The molecule has 0 bridgehead atoms. The second-order valence-corrected chi connectivity index (χ2v) is 5.14. The van der Waals surface area contributed by atoms with Crippen molar-refractivity contribution in [2.75, 3.05) is 0 Å². The number of aryl methyl sites for hydroxylation is 2. The number of hydrogen-bond acceptors (Lipinski definition) is 2. The Morgan fingerprint density at radius 3 is 2.83 bits per heavy atom. The molecule has 1 amide bonds. The molecule has 1 N–H and O–H groups in total. The fourth-order valence-electron chi connectivity index (χ4n) is 1.71. The topological polar surface area (TPSA) is 46.9 Å². The van der Waals surface area contributed by atoms with E-state index in [-0.39, 0.29) is 5.91 Å². The molecule has 0 atom stereocenters. The Morgan fingerprint density at radius 2 is 2.22 bits per heavy atom. The Balaban J connectivity index is 2.03. The van der Waals surface area contributed by atoms with Crippen LogP contribution in [0, 0.1) is 6.92 Å². The molecule has 1 aromatic carbocycles. The van der Waals surface area contributed by atoms with Crippen LogP contribution in [0.25, 0.3) is 0 Å². The van der Waals surface area contributed by atoms with Gasteiger partial charge in [0.2, 0.25) is 0 Å². The van der Waals surface area contributed by atoms with Crippen LogP contribution in [-0.4, -0.2) is 15.7 Å². The number of halogens is 1. The first kappa shape index (κ1) is 12.8. The molecule has 4 nitrogen and oxygen atoms in total. The lowest BCUT2D eigenvalue weighted by Crippen LogP contribution is -2.22. The Bertz CT molecular complexity index is 557. The minimum atomic E-state index is -0.0803. The van der Waals surface area contributed by atoms with Crippen LogP contribution in [0.1, 0.15) is 21.5 Å². The van der Waals surface area contributed by atoms with Crippen molar-refractivity contribution in [3.8, 4) is 0 Å². The monoisotopic (exact) mass is 307 g/mol. The third kappa shape index (κ3) is 3.20. The second-order valence-electron chi connectivity index (χ2n) is 4.22. The molecule has 18 heavy (non-hydrogen) atoms. The summed E-state index contributed by atoms with van der Waals surface area (Å²) in [4.78, 5) is 12.0. The number of benzene rings is 1. The molecule has 2 aromatic rings. The maximum absolute atomic E-state index is 12.0. The Morgan fingerprint density at radius 1 is 1.44 bits per heavy atom. The Kier molecular flexibility index (Phi) is 3.81. The number of hydrogen-bond donors (Lipinski definition) is 1. The zero-order valence-electron chi connectivity index (χ0n) is 10.3. The molecule has 0 saturated heterocycles. The number of rotatable bonds is 3. The molecule has 0 fully saturated rings. The lowest BCUT2D eigenvalue weighted by Gasteiger charge is -2.05. The van der Waals surface area contributed by atoms with Crippen LogP contribution in [-0.2, 0) is 13.6 Å². The van der Waals surface area contributed by atoms with Gasteiger partial charge in [-0.15, -0.1) is 0 Å². The molecule has 2 rings (SSSR count). The van der Waals surface area contributed by atoms with Gasteiger partial charge in [0.15, 0.2) is 0 Å². The average Bonchev–Trinajstić information content (AvgIpc) is 2.70. The van der Waals surface area contributed by atoms with Crippen LogP contribution in [0.5, 0.6) is 0 Å². The van der Waals surface area contributed by atoms with Crippen molar-refractivity contribution in [1.29, 1.82) is 0 Å². The molecule has 0 aliphatic heterocycles. The predicted octanol–water partition coefficient (Wildman–Crippen LogP) is 2.42. The molecule has 0 aliphatic rings. The highest BCUT2D eigenvalue weighted by molar-refractivity contribution is 9.10. The van der Waals surface area contributed by atoms with Crippen LogP contribution >= 0.6 is 15.9 Å². The zero-order valence-corrected chi connectivity index (χ0v) is 11.9. The Labute approximate surface area is 114 Å². The van der Waals surface area contributed by atoms with Gasteiger partial charge in [0, 0.05) is 35.4 Å². The summed E-state index contributed by atoms with van der Waals surface area (Å²) >= 11 is 3.39. The van der Waals surface area contributed by atoms with E-state index in [2.05, 4.69) is 26.3 Å². The van der Waals surface area contributed by atoms with Gasteiger partial charge >= 0.3 is 0 Å². The SMILES string of the molecule is Cc1cc(Br)cc(C(=O)NCc2cnn(C)c2)c1. The normalized spacial score (nSPS) is 10.4. The van der Waals surface area contributed by atoms with E-state index < -0.39 is 0 Å². The highest BCUT2D eigenvalue weighted by Crippen LogP contribution is 2.15. The first-order valence-electron chi connectivity index (χ1n) is 5.57. The van der Waals surface area contributed by atoms with E-state index in [0.29, 0.717) is 12.1 Å². The summed E-state index contributed by atoms with van der Waals surface area (Å²) in [5, 5.41) is 6.92. The molecule has 0 unspecified atom stereocenters. The van der Waals surface area contributed by atoms with E-state index in [0.717, 1.165) is 15.6 Å². The van der Waals surface area contributed by atoms with Crippen molar-refractivity contribution in [2.45, 2.75) is 13.5 Å². The van der Waals surface area contributed by atoms with Crippen molar-refractivity contribution in [3.63, 3.8) is 0 Å². The minimum Gasteiger partial charge on any atom is -0.348 e. The van der Waals surface area contributed by atoms with Gasteiger partial charge in [-0.3, -0.25) is 9.48 Å². The minimum absolute atomic E-state index is 0.0803. The number of carbonyl (C=O) groups is 1. The smallest absolute Gasteiger partial charge is 0.251 e. The van der Waals surface area contributed by atoms with Gasteiger partial charge in [0.25, 0.3) is 5.91 Å². The highest BCUT2D eigenvalue weighted by atomic mass is 79.9. The van der Waals surface area contributed by atoms with Gasteiger partial charge < -0.3 is 5.32 Å². The van der Waals surface area contributed by atoms with E-state index in [4.69, 9.17) is 0 Å². The van der Waals surface area contributed by atoms with Crippen molar-refractivity contribution < 1.29 is 4.79 Å². The fourth-order valence-corrected chi connectivity index (χ4v) is 2.32. The summed E-state index contributed by atoms with van der Waals surface area (Å²) in [6.45, 7) is 2.45. The van der Waals surface area contributed by atoms with Gasteiger partial charge in [0.1, 0.15) is 0 Å². The molecular weight excluding hydrogens is 294 g/mol. The molecule has 0 saturated carbocycles. The van der Waals surface area contributed by atoms with Crippen LogP contribution < -0.4 is 5.32 Å². The zero-order chi connectivity index (χ0) is 13.1. The van der Waals surface area contributed by atoms with E-state index >= 15 is 0 Å². The predicted molar refractivity (Wildman–Crippen MR) is 73.3 cm³/mol. The van der Waals surface area contributed by atoms with Crippen LogP contribution in [0.3, 0.4) is 0 Å². The highest BCUT2D eigenvalue weighted by Gasteiger charge is 2.07. The van der Waals surface area contributed by atoms with Crippen molar-refractivity contribution in [3.05, 3.63) is 51.8 Å². The lowest BCUT2D eigenvalue weighted by atomic mass is 10.1. The van der Waals surface area contributed by atoms with Crippen LogP contribution in [0.4, 0.5) is 0 Å². The van der Waals surface area contributed by atoms with Gasteiger partial charge in [-0.25, -0.2) is 0 Å². The lowest BCUT2D eigenvalue weighted by molar-refractivity contribution is 0.0950. The van der Waals surface area contributed by atoms with Gasteiger partial charge in [-0.05, 0) is 30.7 Å². The number of carbonyl (C=O) groups excluding carboxylic acids is 1. The molecule has 0 aliphatic carbocycles. The van der Waals surface area contributed by atoms with E-state index in [1.54, 1.807) is 10.9 Å². The fraction of sp³-hybridized carbons (Fsp3) is 0.231. The number of nitrogens with zero attached hydrogens (tertiary/aromatic N) is 2. The summed E-state index contributed by atoms with van der Waals surface area (Å²) in [5.74, 6) is -0.0803. The summed E-state index contributed by atoms with van der Waals surface area (Å²) in [6.07, 6.45) is 3.62. The summed E-state index contributed by atoms with van der Waals surface area (Å²) in [5.41, 5.74) is 2.69. The number of nitrogens with one attached hydrogen (secondary N) is 1. The molecule has 5 heteroatoms. The molecule has 94 valence electrons. The van der Waals surface area contributed by atoms with E-state index in [9.17, 15) is 4.79 Å².